The maximum absolute atomic E-state index is 12.4. The Morgan fingerprint density at radius 3 is 2.80 bits per heavy atom. The second kappa shape index (κ2) is 7.70. The zero-order chi connectivity index (χ0) is 21.7. The number of primary amides is 1. The van der Waals surface area contributed by atoms with Gasteiger partial charge in [-0.05, 0) is 25.3 Å². The first-order valence-corrected chi connectivity index (χ1v) is 11.1. The third kappa shape index (κ3) is 3.20. The van der Waals surface area contributed by atoms with Crippen LogP contribution in [0.5, 0.6) is 0 Å². The molecule has 1 aromatic rings. The van der Waals surface area contributed by atoms with Crippen LogP contribution in [0.4, 0.5) is 0 Å². The molecular weight excluding hydrogens is 406 g/mol. The van der Waals surface area contributed by atoms with Crippen molar-refractivity contribution < 1.29 is 29.2 Å². The molecule has 1 aliphatic carbocycles. The van der Waals surface area contributed by atoms with Gasteiger partial charge in [0.1, 0.15) is 0 Å². The first-order valence-electron chi connectivity index (χ1n) is 10.1. The van der Waals surface area contributed by atoms with Gasteiger partial charge >= 0.3 is 0 Å². The summed E-state index contributed by atoms with van der Waals surface area (Å²) in [5.41, 5.74) is 8.25. The number of carboxylic acids is 1. The molecule has 30 heavy (non-hydrogen) atoms. The normalized spacial score (nSPS) is 25.8. The van der Waals surface area contributed by atoms with Crippen LogP contribution in [0.1, 0.15) is 31.5 Å². The molecule has 1 fully saturated rings. The first-order chi connectivity index (χ1) is 14.2. The molecule has 9 heteroatoms. The molecule has 2 aliphatic heterocycles. The minimum absolute atomic E-state index is 0.0433. The Bertz CT molecular complexity index is 974. The number of aromatic nitrogens is 1. The lowest BCUT2D eigenvalue weighted by molar-refractivity contribution is -0.691. The quantitative estimate of drug-likeness (QED) is 0.321. The van der Waals surface area contributed by atoms with E-state index < -0.39 is 18.0 Å². The molecule has 0 bridgehead atoms. The van der Waals surface area contributed by atoms with Gasteiger partial charge in [0.2, 0.25) is 12.5 Å². The molecule has 3 aliphatic rings. The van der Waals surface area contributed by atoms with Crippen molar-refractivity contribution in [3.63, 3.8) is 0 Å². The number of nitrogens with zero attached hydrogens (tertiary/aromatic N) is 2. The van der Waals surface area contributed by atoms with Crippen LogP contribution in [0, 0.1) is 11.8 Å². The molecule has 4 atom stereocenters. The van der Waals surface area contributed by atoms with Gasteiger partial charge in [0.25, 0.3) is 5.91 Å². The van der Waals surface area contributed by atoms with E-state index in [9.17, 15) is 24.6 Å². The van der Waals surface area contributed by atoms with E-state index in [2.05, 4.69) is 0 Å². The third-order valence-corrected chi connectivity index (χ3v) is 7.61. The Hall–Kier alpha value is -2.39. The summed E-state index contributed by atoms with van der Waals surface area (Å²) in [6, 6.07) is 1.61. The molecule has 160 valence electrons. The van der Waals surface area contributed by atoms with Crippen molar-refractivity contribution in [3.8, 4) is 0 Å². The van der Waals surface area contributed by atoms with Crippen molar-refractivity contribution in [1.29, 1.82) is 0 Å². The fourth-order valence-corrected chi connectivity index (χ4v) is 6.35. The molecular formula is C21H25N3O5S. The number of β-lactam (4-membered cyclic amide) rings is 1. The number of thioether (sulfide) groups is 1. The van der Waals surface area contributed by atoms with E-state index in [4.69, 9.17) is 5.73 Å². The van der Waals surface area contributed by atoms with Crippen molar-refractivity contribution in [2.24, 2.45) is 17.6 Å². The average Bonchev–Trinajstić information content (AvgIpc) is 3.23. The molecule has 2 amide bonds. The Morgan fingerprint density at radius 1 is 1.43 bits per heavy atom. The summed E-state index contributed by atoms with van der Waals surface area (Å²) in [5, 5.41) is 21.8. The predicted molar refractivity (Wildman–Crippen MR) is 106 cm³/mol. The Balaban J connectivity index is 1.60. The van der Waals surface area contributed by atoms with Crippen LogP contribution in [0.25, 0.3) is 0 Å². The summed E-state index contributed by atoms with van der Waals surface area (Å²) < 4.78 is 1.89. The second-order valence-corrected chi connectivity index (χ2v) is 9.27. The summed E-state index contributed by atoms with van der Waals surface area (Å²) in [4.78, 5) is 38.0. The van der Waals surface area contributed by atoms with Gasteiger partial charge in [-0.1, -0.05) is 6.92 Å². The standard InChI is InChI=1S/C21H25N3O5S/c1-10-13(19(21(28)29)24-18(10)17(11(2)25)20(24)27)9-30-15-6-7-23(8-16(22)26)14-5-3-4-12(14)15/h6-7,10-11,17-18,25H,3-5,8-9H2,1-2H3,(H2-,22,26,28,29)/t10-,11+,17+,18+/m0/s1. The van der Waals surface area contributed by atoms with Gasteiger partial charge in [0.05, 0.1) is 29.7 Å². The van der Waals surface area contributed by atoms with Gasteiger partial charge in [-0.15, -0.1) is 11.8 Å². The second-order valence-electron chi connectivity index (χ2n) is 8.26. The maximum Gasteiger partial charge on any atom is 0.283 e. The lowest BCUT2D eigenvalue weighted by atomic mass is 9.78. The van der Waals surface area contributed by atoms with Crippen LogP contribution in [0.2, 0.25) is 0 Å². The van der Waals surface area contributed by atoms with E-state index in [1.54, 1.807) is 6.92 Å². The topological polar surface area (TPSA) is 128 Å². The Morgan fingerprint density at radius 2 is 2.17 bits per heavy atom. The van der Waals surface area contributed by atoms with Crippen molar-refractivity contribution in [1.82, 2.24) is 4.90 Å². The number of carbonyl (C=O) groups is 3. The summed E-state index contributed by atoms with van der Waals surface area (Å²) in [5.74, 6) is -2.42. The van der Waals surface area contributed by atoms with E-state index in [1.165, 1.54) is 22.2 Å². The van der Waals surface area contributed by atoms with Gasteiger partial charge < -0.3 is 25.6 Å². The van der Waals surface area contributed by atoms with Crippen LogP contribution >= 0.6 is 11.8 Å². The van der Waals surface area contributed by atoms with E-state index in [0.29, 0.717) is 11.3 Å². The minimum Gasteiger partial charge on any atom is -0.543 e. The minimum atomic E-state index is -1.35. The van der Waals surface area contributed by atoms with E-state index in [1.807, 2.05) is 23.8 Å². The fourth-order valence-electron chi connectivity index (χ4n) is 5.09. The van der Waals surface area contributed by atoms with Gasteiger partial charge in [-0.2, -0.15) is 4.57 Å². The number of hydrogen-bond acceptors (Lipinski definition) is 6. The molecule has 0 aromatic carbocycles. The van der Waals surface area contributed by atoms with E-state index >= 15 is 0 Å². The molecule has 0 saturated carbocycles. The van der Waals surface area contributed by atoms with Crippen molar-refractivity contribution in [2.45, 2.75) is 56.7 Å². The van der Waals surface area contributed by atoms with Crippen molar-refractivity contribution in [3.05, 3.63) is 34.8 Å². The average molecular weight is 432 g/mol. The highest BCUT2D eigenvalue weighted by atomic mass is 32.2. The molecule has 8 nitrogen and oxygen atoms in total. The number of aliphatic hydroxyl groups is 1. The molecule has 0 radical (unpaired) electrons. The highest BCUT2D eigenvalue weighted by molar-refractivity contribution is 7.99. The summed E-state index contributed by atoms with van der Waals surface area (Å²) >= 11 is 1.54. The SMILES string of the molecule is C[C@@H](O)[C@H]1C(=O)N2C(C(=O)[O-])=C(CSc3cc[n+](CC(N)=O)c4c3CCC4)[C@H](C)[C@H]12. The van der Waals surface area contributed by atoms with Crippen LogP contribution < -0.4 is 15.4 Å². The highest BCUT2D eigenvalue weighted by Crippen LogP contribution is 2.48. The number of aliphatic carboxylic acids is 1. The molecule has 1 saturated heterocycles. The zero-order valence-corrected chi connectivity index (χ0v) is 17.8. The number of fused-ring (bicyclic) bond motifs is 2. The highest BCUT2D eigenvalue weighted by Gasteiger charge is 2.58. The number of nitrogens with two attached hydrogens (primary N) is 1. The van der Waals surface area contributed by atoms with Gasteiger partial charge in [0, 0.05) is 34.6 Å². The lowest BCUT2D eigenvalue weighted by Crippen LogP contribution is -2.64. The fraction of sp³-hybridized carbons (Fsp3) is 0.524. The van der Waals surface area contributed by atoms with Crippen molar-refractivity contribution in [2.75, 3.05) is 5.75 Å². The Kier molecular flexibility index (Phi) is 5.36. The van der Waals surface area contributed by atoms with Crippen LogP contribution in [-0.2, 0) is 33.8 Å². The summed E-state index contributed by atoms with van der Waals surface area (Å²) in [7, 11) is 0. The number of carboxylic acid groups (broad SMARTS) is 1. The maximum atomic E-state index is 12.4. The monoisotopic (exact) mass is 431 g/mol. The largest absolute Gasteiger partial charge is 0.543 e. The van der Waals surface area contributed by atoms with Crippen LogP contribution in [0.15, 0.2) is 28.4 Å². The molecule has 3 heterocycles. The molecule has 0 spiro atoms. The lowest BCUT2D eigenvalue weighted by Gasteiger charge is -2.47. The number of hydrogen-bond donors (Lipinski definition) is 2. The van der Waals surface area contributed by atoms with Gasteiger partial charge in [-0.25, -0.2) is 0 Å². The van der Waals surface area contributed by atoms with Gasteiger partial charge in [-0.3, -0.25) is 9.59 Å². The molecule has 0 unspecified atom stereocenters. The van der Waals surface area contributed by atoms with E-state index in [0.717, 1.165) is 29.9 Å². The molecule has 3 N–H and O–H groups in total. The van der Waals surface area contributed by atoms with E-state index in [-0.39, 0.29) is 36.0 Å². The zero-order valence-electron chi connectivity index (χ0n) is 17.0. The molecule has 4 rings (SSSR count). The van der Waals surface area contributed by atoms with Gasteiger partial charge in [0.15, 0.2) is 11.9 Å². The number of carbonyl (C=O) groups excluding carboxylic acids is 3. The summed E-state index contributed by atoms with van der Waals surface area (Å²) in [6.45, 7) is 3.61. The summed E-state index contributed by atoms with van der Waals surface area (Å²) in [6.07, 6.45) is 3.80. The number of rotatable bonds is 7. The van der Waals surface area contributed by atoms with Crippen LogP contribution in [-0.4, -0.2) is 45.7 Å². The number of aliphatic hydroxyl groups excluding tert-OH is 1. The number of amides is 2. The van der Waals surface area contributed by atoms with Crippen LogP contribution in [0.3, 0.4) is 0 Å². The predicted octanol–water partition coefficient (Wildman–Crippen LogP) is -1.10. The molecule has 1 aromatic heterocycles. The third-order valence-electron chi connectivity index (χ3n) is 6.46. The smallest absolute Gasteiger partial charge is 0.283 e. The Labute approximate surface area is 178 Å². The number of pyridine rings is 1. The first kappa shape index (κ1) is 20.9. The van der Waals surface area contributed by atoms with Crippen molar-refractivity contribution >= 4 is 29.5 Å².